The van der Waals surface area contributed by atoms with Gasteiger partial charge in [0.1, 0.15) is 23.7 Å². The summed E-state index contributed by atoms with van der Waals surface area (Å²) in [6, 6.07) is 22.4. The van der Waals surface area contributed by atoms with Gasteiger partial charge in [0.25, 0.3) is 11.8 Å². The second-order valence-corrected chi connectivity index (χ2v) is 10.5. The molecule has 0 bridgehead atoms. The molecule has 5 rings (SSSR count). The van der Waals surface area contributed by atoms with Crippen LogP contribution in [0.4, 0.5) is 15.8 Å². The van der Waals surface area contributed by atoms with Gasteiger partial charge in [-0.25, -0.2) is 4.39 Å². The Morgan fingerprint density at radius 3 is 2.29 bits per heavy atom. The second kappa shape index (κ2) is 12.4. The van der Waals surface area contributed by atoms with Gasteiger partial charge in [-0.2, -0.15) is 0 Å². The normalized spacial score (nSPS) is 16.2. The monoisotopic (exact) mass is 558 g/mol. The van der Waals surface area contributed by atoms with E-state index in [0.717, 1.165) is 24.3 Å². The molecule has 0 aromatic heterocycles. The minimum absolute atomic E-state index is 0.0767. The topological polar surface area (TPSA) is 82.2 Å². The molecule has 9 heteroatoms. The van der Waals surface area contributed by atoms with Crippen molar-refractivity contribution in [3.63, 3.8) is 0 Å². The molecule has 2 aliphatic rings. The van der Waals surface area contributed by atoms with Crippen LogP contribution >= 0.6 is 0 Å². The van der Waals surface area contributed by atoms with Crippen molar-refractivity contribution in [2.75, 3.05) is 43.1 Å². The molecule has 0 radical (unpaired) electrons. The van der Waals surface area contributed by atoms with Crippen LogP contribution in [-0.4, -0.2) is 66.0 Å². The smallest absolute Gasteiger partial charge is 0.253 e. The molecule has 2 aliphatic heterocycles. The summed E-state index contributed by atoms with van der Waals surface area (Å²) in [7, 11) is 0. The van der Waals surface area contributed by atoms with Crippen LogP contribution in [0.25, 0.3) is 0 Å². The highest BCUT2D eigenvalue weighted by atomic mass is 19.1. The molecular formula is C32H35FN4O4. The molecule has 41 heavy (non-hydrogen) atoms. The Hall–Kier alpha value is -4.40. The summed E-state index contributed by atoms with van der Waals surface area (Å²) in [5.74, 6) is -0.212. The number of hydrogen-bond donors (Lipinski definition) is 1. The number of carbonyl (C=O) groups excluding carboxylic acids is 3. The standard InChI is InChI=1S/C32H35FN4O4/c1-2-3-21-41-28-15-9-24(10-16-28)30(39)35-19-17-32(18-20-35)31(40)36(23-37(32)27-7-5-4-6-8-27)22-29(38)34-26-13-11-25(33)12-14-26/h4-16H,2-3,17-23H2,1H3,(H,34,38). The first-order chi connectivity index (χ1) is 19.9. The first-order valence-corrected chi connectivity index (χ1v) is 14.1. The van der Waals surface area contributed by atoms with Crippen molar-refractivity contribution in [1.29, 1.82) is 0 Å². The quantitative estimate of drug-likeness (QED) is 0.377. The van der Waals surface area contributed by atoms with Crippen LogP contribution in [0, 0.1) is 5.82 Å². The van der Waals surface area contributed by atoms with Crippen LogP contribution in [0.5, 0.6) is 5.75 Å². The molecule has 3 amide bonds. The summed E-state index contributed by atoms with van der Waals surface area (Å²) in [6.45, 7) is 3.71. The van der Waals surface area contributed by atoms with Gasteiger partial charge >= 0.3 is 0 Å². The number of piperidine rings is 1. The zero-order valence-electron chi connectivity index (χ0n) is 23.2. The van der Waals surface area contributed by atoms with Gasteiger partial charge in [0, 0.05) is 30.0 Å². The van der Waals surface area contributed by atoms with E-state index in [0.29, 0.717) is 43.8 Å². The zero-order chi connectivity index (χ0) is 28.8. The number of halogens is 1. The van der Waals surface area contributed by atoms with Crippen LogP contribution < -0.4 is 15.0 Å². The third-order valence-electron chi connectivity index (χ3n) is 7.79. The average molecular weight is 559 g/mol. The van der Waals surface area contributed by atoms with E-state index in [-0.39, 0.29) is 30.9 Å². The molecule has 3 aromatic rings. The van der Waals surface area contributed by atoms with Crippen LogP contribution in [0.1, 0.15) is 43.0 Å². The lowest BCUT2D eigenvalue weighted by atomic mass is 9.85. The molecule has 0 unspecified atom stereocenters. The number of likely N-dealkylation sites (tertiary alicyclic amines) is 1. The van der Waals surface area contributed by atoms with Crippen molar-refractivity contribution in [3.05, 3.63) is 90.2 Å². The number of unbranched alkanes of at least 4 members (excludes halogenated alkanes) is 1. The third-order valence-corrected chi connectivity index (χ3v) is 7.79. The Bertz CT molecular complexity index is 1360. The van der Waals surface area contributed by atoms with Crippen LogP contribution in [-0.2, 0) is 9.59 Å². The number of ether oxygens (including phenoxy) is 1. The number of amides is 3. The van der Waals surface area contributed by atoms with Crippen molar-refractivity contribution < 1.29 is 23.5 Å². The zero-order valence-corrected chi connectivity index (χ0v) is 23.2. The van der Waals surface area contributed by atoms with Crippen molar-refractivity contribution in [1.82, 2.24) is 9.80 Å². The van der Waals surface area contributed by atoms with E-state index in [4.69, 9.17) is 4.74 Å². The van der Waals surface area contributed by atoms with Gasteiger partial charge in [-0.05, 0) is 79.9 Å². The van der Waals surface area contributed by atoms with Gasteiger partial charge < -0.3 is 24.8 Å². The maximum Gasteiger partial charge on any atom is 0.253 e. The Morgan fingerprint density at radius 1 is 0.951 bits per heavy atom. The molecule has 0 aliphatic carbocycles. The number of para-hydroxylation sites is 1. The molecule has 3 aromatic carbocycles. The second-order valence-electron chi connectivity index (χ2n) is 10.5. The van der Waals surface area contributed by atoms with Crippen LogP contribution in [0.3, 0.4) is 0 Å². The number of hydrogen-bond acceptors (Lipinski definition) is 5. The lowest BCUT2D eigenvalue weighted by Gasteiger charge is -2.43. The van der Waals surface area contributed by atoms with E-state index >= 15 is 0 Å². The predicted octanol–water partition coefficient (Wildman–Crippen LogP) is 4.92. The maximum absolute atomic E-state index is 13.9. The fourth-order valence-electron chi connectivity index (χ4n) is 5.52. The molecule has 1 N–H and O–H groups in total. The molecule has 2 fully saturated rings. The highest BCUT2D eigenvalue weighted by Gasteiger charge is 2.54. The van der Waals surface area contributed by atoms with Crippen LogP contribution in [0.15, 0.2) is 78.9 Å². The lowest BCUT2D eigenvalue weighted by molar-refractivity contribution is -0.136. The van der Waals surface area contributed by atoms with Gasteiger partial charge in [0.15, 0.2) is 0 Å². The fraction of sp³-hybridized carbons (Fsp3) is 0.344. The molecule has 0 saturated carbocycles. The van der Waals surface area contributed by atoms with Crippen molar-refractivity contribution in [3.8, 4) is 5.75 Å². The molecule has 1 spiro atoms. The van der Waals surface area contributed by atoms with Crippen molar-refractivity contribution >= 4 is 29.1 Å². The summed E-state index contributed by atoms with van der Waals surface area (Å²) < 4.78 is 19.0. The molecular weight excluding hydrogens is 523 g/mol. The lowest BCUT2D eigenvalue weighted by Crippen LogP contribution is -2.57. The number of rotatable bonds is 9. The molecule has 0 atom stereocenters. The molecule has 8 nitrogen and oxygen atoms in total. The SMILES string of the molecule is CCCCOc1ccc(C(=O)N2CCC3(CC2)C(=O)N(CC(=O)Nc2ccc(F)cc2)CN3c2ccccc2)cc1. The first kappa shape index (κ1) is 28.1. The van der Waals surface area contributed by atoms with E-state index in [2.05, 4.69) is 17.1 Å². The number of anilines is 2. The van der Waals surface area contributed by atoms with E-state index < -0.39 is 11.4 Å². The molecule has 2 saturated heterocycles. The number of nitrogens with zero attached hydrogens (tertiary/aromatic N) is 3. The van der Waals surface area contributed by atoms with E-state index in [1.165, 1.54) is 24.3 Å². The van der Waals surface area contributed by atoms with Gasteiger partial charge in [-0.3, -0.25) is 14.4 Å². The maximum atomic E-state index is 13.9. The number of nitrogens with one attached hydrogen (secondary N) is 1. The first-order valence-electron chi connectivity index (χ1n) is 14.1. The third kappa shape index (κ3) is 6.19. The van der Waals surface area contributed by atoms with E-state index in [9.17, 15) is 18.8 Å². The number of carbonyl (C=O) groups is 3. The summed E-state index contributed by atoms with van der Waals surface area (Å²) in [5.41, 5.74) is 1.08. The van der Waals surface area contributed by atoms with E-state index in [1.54, 1.807) is 21.9 Å². The number of benzene rings is 3. The predicted molar refractivity (Wildman–Crippen MR) is 155 cm³/mol. The highest BCUT2D eigenvalue weighted by molar-refractivity contribution is 6.00. The van der Waals surface area contributed by atoms with E-state index in [1.807, 2.05) is 42.5 Å². The van der Waals surface area contributed by atoms with Crippen molar-refractivity contribution in [2.45, 2.75) is 38.1 Å². The highest BCUT2D eigenvalue weighted by Crippen LogP contribution is 2.39. The minimum Gasteiger partial charge on any atom is -0.494 e. The molecule has 214 valence electrons. The summed E-state index contributed by atoms with van der Waals surface area (Å²) in [4.78, 5) is 45.5. The average Bonchev–Trinajstić information content (AvgIpc) is 3.25. The summed E-state index contributed by atoms with van der Waals surface area (Å²) in [6.07, 6.45) is 2.92. The summed E-state index contributed by atoms with van der Waals surface area (Å²) >= 11 is 0. The van der Waals surface area contributed by atoms with Crippen LogP contribution in [0.2, 0.25) is 0 Å². The van der Waals surface area contributed by atoms with Gasteiger partial charge in [0.2, 0.25) is 5.91 Å². The van der Waals surface area contributed by atoms with Gasteiger partial charge in [-0.15, -0.1) is 0 Å². The van der Waals surface area contributed by atoms with Gasteiger partial charge in [-0.1, -0.05) is 31.5 Å². The van der Waals surface area contributed by atoms with Crippen molar-refractivity contribution in [2.24, 2.45) is 0 Å². The Balaban J connectivity index is 1.27. The Morgan fingerprint density at radius 2 is 1.63 bits per heavy atom. The summed E-state index contributed by atoms with van der Waals surface area (Å²) in [5, 5.41) is 2.74. The Labute approximate surface area is 239 Å². The fourth-order valence-corrected chi connectivity index (χ4v) is 5.52. The largest absolute Gasteiger partial charge is 0.494 e. The Kier molecular flexibility index (Phi) is 8.52. The van der Waals surface area contributed by atoms with Gasteiger partial charge in [0.05, 0.1) is 13.3 Å². The molecule has 2 heterocycles. The minimum atomic E-state index is -0.856.